The Bertz CT molecular complexity index is 385. The van der Waals surface area contributed by atoms with Crippen LogP contribution in [0.15, 0.2) is 0 Å². The summed E-state index contributed by atoms with van der Waals surface area (Å²) in [5, 5.41) is 8.46. The molecule has 0 bridgehead atoms. The van der Waals surface area contributed by atoms with Crippen molar-refractivity contribution in [2.45, 2.75) is 128 Å². The first-order chi connectivity index (χ1) is 11.9. The van der Waals surface area contributed by atoms with Gasteiger partial charge in [-0.3, -0.25) is 0 Å². The smallest absolute Gasteiger partial charge is 0.748 e. The van der Waals surface area contributed by atoms with Crippen LogP contribution < -0.4 is 51.4 Å². The van der Waals surface area contributed by atoms with Crippen molar-refractivity contribution in [3.63, 3.8) is 0 Å². The minimum atomic E-state index is -4.21. The molecule has 2 atom stereocenters. The quantitative estimate of drug-likeness (QED) is 0.212. The van der Waals surface area contributed by atoms with Crippen molar-refractivity contribution in [2.24, 2.45) is 0 Å². The van der Waals surface area contributed by atoms with Gasteiger partial charge in [-0.25, -0.2) is 8.42 Å². The van der Waals surface area contributed by atoms with E-state index in [1.54, 1.807) is 6.92 Å². The van der Waals surface area contributed by atoms with Gasteiger partial charge in [0.15, 0.2) is 0 Å². The van der Waals surface area contributed by atoms with Gasteiger partial charge in [0.1, 0.15) is 0 Å². The van der Waals surface area contributed by atoms with Crippen LogP contribution in [0.3, 0.4) is 0 Å². The Hall–Kier alpha value is 1.51. The summed E-state index contributed by atoms with van der Waals surface area (Å²) in [6.07, 6.45) is 16.4. The second-order valence-electron chi connectivity index (χ2n) is 7.57. The fourth-order valence-corrected chi connectivity index (χ4v) is 4.20. The Labute approximate surface area is 205 Å². The maximum atomic E-state index is 11.3. The molecule has 0 rings (SSSR count). The van der Waals surface area contributed by atoms with Crippen LogP contribution >= 0.6 is 0 Å². The SMILES string of the molecule is CCCCCCCCCCCCCCC(CCCC(C)O)S(=O)(=O)[O-].[K+]. The van der Waals surface area contributed by atoms with Crippen molar-refractivity contribution in [1.29, 1.82) is 0 Å². The molecule has 1 N–H and O–H groups in total. The second kappa shape index (κ2) is 19.8. The molecule has 0 aliphatic rings. The summed E-state index contributed by atoms with van der Waals surface area (Å²) in [6.45, 7) is 3.93. The largest absolute Gasteiger partial charge is 1.00 e. The molecule has 4 nitrogen and oxygen atoms in total. The molecule has 0 saturated heterocycles. The molecule has 0 aliphatic heterocycles. The van der Waals surface area contributed by atoms with Crippen LogP contribution in [0.4, 0.5) is 0 Å². The number of hydrogen-bond donors (Lipinski definition) is 1. The molecule has 0 aromatic rings. The summed E-state index contributed by atoms with van der Waals surface area (Å²) in [5.41, 5.74) is 0. The van der Waals surface area contributed by atoms with Crippen LogP contribution in [-0.4, -0.2) is 29.4 Å². The molecular weight excluding hydrogens is 375 g/mol. The van der Waals surface area contributed by atoms with E-state index in [2.05, 4.69) is 6.92 Å². The molecule has 26 heavy (non-hydrogen) atoms. The first-order valence-electron chi connectivity index (χ1n) is 10.5. The molecule has 6 heteroatoms. The molecule has 0 aliphatic carbocycles. The molecule has 0 radical (unpaired) electrons. The molecule has 2 unspecified atom stereocenters. The van der Waals surface area contributed by atoms with Crippen molar-refractivity contribution in [3.05, 3.63) is 0 Å². The summed E-state index contributed by atoms with van der Waals surface area (Å²) in [4.78, 5) is 0. The van der Waals surface area contributed by atoms with Crippen molar-refractivity contribution in [1.82, 2.24) is 0 Å². The van der Waals surface area contributed by atoms with Crippen molar-refractivity contribution in [3.8, 4) is 0 Å². The predicted octanol–water partition coefficient (Wildman–Crippen LogP) is 2.55. The van der Waals surface area contributed by atoms with E-state index in [0.29, 0.717) is 25.7 Å². The van der Waals surface area contributed by atoms with E-state index >= 15 is 0 Å². The van der Waals surface area contributed by atoms with Crippen LogP contribution in [0.25, 0.3) is 0 Å². The maximum absolute atomic E-state index is 11.3. The first-order valence-corrected chi connectivity index (χ1v) is 12.0. The van der Waals surface area contributed by atoms with Crippen LogP contribution in [0.1, 0.15) is 117 Å². The summed E-state index contributed by atoms with van der Waals surface area (Å²) >= 11 is 0. The van der Waals surface area contributed by atoms with E-state index in [4.69, 9.17) is 0 Å². The number of aliphatic hydroxyl groups excluding tert-OH is 1. The summed E-state index contributed by atoms with van der Waals surface area (Å²) in [5.74, 6) is 0. The summed E-state index contributed by atoms with van der Waals surface area (Å²) < 4.78 is 34.0. The van der Waals surface area contributed by atoms with Gasteiger partial charge in [0, 0.05) is 5.25 Å². The van der Waals surface area contributed by atoms with E-state index in [0.717, 1.165) is 19.3 Å². The maximum Gasteiger partial charge on any atom is 1.00 e. The zero-order valence-electron chi connectivity index (χ0n) is 17.5. The van der Waals surface area contributed by atoms with Gasteiger partial charge < -0.3 is 9.66 Å². The van der Waals surface area contributed by atoms with E-state index in [1.165, 1.54) is 57.8 Å². The number of rotatable bonds is 18. The standard InChI is InChI=1S/C20H42O4S.K/c1-3-4-5-6-7-8-9-10-11-12-13-14-17-20(25(22,23)24)18-15-16-19(2)21;/h19-21H,3-18H2,1-2H3,(H,22,23,24);/q;+1/p-1. The third kappa shape index (κ3) is 20.2. The Morgan fingerprint density at radius 2 is 1.12 bits per heavy atom. The van der Waals surface area contributed by atoms with Gasteiger partial charge in [0.2, 0.25) is 0 Å². The van der Waals surface area contributed by atoms with Crippen molar-refractivity contribution in [2.75, 3.05) is 0 Å². The Morgan fingerprint density at radius 1 is 0.731 bits per heavy atom. The Morgan fingerprint density at radius 3 is 1.50 bits per heavy atom. The van der Waals surface area contributed by atoms with Gasteiger partial charge in [0.05, 0.1) is 16.2 Å². The monoisotopic (exact) mass is 416 g/mol. The zero-order valence-corrected chi connectivity index (χ0v) is 21.5. The Balaban J connectivity index is 0. The molecule has 0 amide bonds. The average molecular weight is 417 g/mol. The van der Waals surface area contributed by atoms with Gasteiger partial charge >= 0.3 is 51.4 Å². The van der Waals surface area contributed by atoms with Gasteiger partial charge in [-0.15, -0.1) is 0 Å². The van der Waals surface area contributed by atoms with E-state index in [1.807, 2.05) is 0 Å². The van der Waals surface area contributed by atoms with Crippen molar-refractivity contribution < 1.29 is 69.5 Å². The van der Waals surface area contributed by atoms with Crippen LogP contribution in [-0.2, 0) is 10.1 Å². The average Bonchev–Trinajstić information content (AvgIpc) is 2.52. The minimum absolute atomic E-state index is 0. The molecule has 0 aromatic carbocycles. The summed E-state index contributed by atoms with van der Waals surface area (Å²) in [7, 11) is -4.21. The third-order valence-electron chi connectivity index (χ3n) is 4.94. The van der Waals surface area contributed by atoms with Gasteiger partial charge in [0.25, 0.3) is 0 Å². The first kappa shape index (κ1) is 29.7. The molecule has 0 fully saturated rings. The zero-order chi connectivity index (χ0) is 19.0. The van der Waals surface area contributed by atoms with Gasteiger partial charge in [-0.1, -0.05) is 84.0 Å². The van der Waals surface area contributed by atoms with Gasteiger partial charge in [-0.05, 0) is 32.6 Å². The molecule has 0 saturated carbocycles. The van der Waals surface area contributed by atoms with Crippen LogP contribution in [0.5, 0.6) is 0 Å². The second-order valence-corrected chi connectivity index (χ2v) is 9.22. The van der Waals surface area contributed by atoms with Gasteiger partial charge in [-0.2, -0.15) is 0 Å². The topological polar surface area (TPSA) is 77.4 Å². The molecule has 0 heterocycles. The number of unbranched alkanes of at least 4 members (excludes halogenated alkanes) is 11. The molecular formula is C20H41KO4S. The Kier molecular flexibility index (Phi) is 22.6. The van der Waals surface area contributed by atoms with E-state index in [-0.39, 0.29) is 51.4 Å². The van der Waals surface area contributed by atoms with E-state index < -0.39 is 21.5 Å². The predicted molar refractivity (Wildman–Crippen MR) is 105 cm³/mol. The fourth-order valence-electron chi connectivity index (χ4n) is 3.29. The third-order valence-corrected chi connectivity index (χ3v) is 6.22. The van der Waals surface area contributed by atoms with E-state index in [9.17, 15) is 18.1 Å². The number of aliphatic hydroxyl groups is 1. The number of hydrogen-bond acceptors (Lipinski definition) is 4. The fraction of sp³-hybridized carbons (Fsp3) is 1.00. The normalized spacial score (nSPS) is 14.0. The van der Waals surface area contributed by atoms with Crippen LogP contribution in [0, 0.1) is 0 Å². The molecule has 0 spiro atoms. The minimum Gasteiger partial charge on any atom is -0.748 e. The molecule has 0 aromatic heterocycles. The summed E-state index contributed by atoms with van der Waals surface area (Å²) in [6, 6.07) is 0. The van der Waals surface area contributed by atoms with Crippen LogP contribution in [0.2, 0.25) is 0 Å². The molecule has 152 valence electrons. The van der Waals surface area contributed by atoms with Crippen molar-refractivity contribution >= 4 is 10.1 Å².